The lowest BCUT2D eigenvalue weighted by Crippen LogP contribution is -2.30. The fourth-order valence-electron chi connectivity index (χ4n) is 6.31. The van der Waals surface area contributed by atoms with Crippen LogP contribution in [0.5, 0.6) is 0 Å². The molecule has 1 saturated carbocycles. The second kappa shape index (κ2) is 9.12. The molecular formula is C31H33FN6O2S. The van der Waals surface area contributed by atoms with Crippen LogP contribution in [0.25, 0.3) is 23.3 Å². The number of imidazole rings is 1. The van der Waals surface area contributed by atoms with Crippen LogP contribution in [0, 0.1) is 26.6 Å². The van der Waals surface area contributed by atoms with Crippen molar-refractivity contribution in [2.45, 2.75) is 70.1 Å². The Bertz CT molecular complexity index is 1960. The molecule has 2 aromatic heterocycles. The Morgan fingerprint density at radius 3 is 2.46 bits per heavy atom. The van der Waals surface area contributed by atoms with Crippen molar-refractivity contribution < 1.29 is 8.60 Å². The summed E-state index contributed by atoms with van der Waals surface area (Å²) in [5, 5.41) is 8.53. The van der Waals surface area contributed by atoms with E-state index >= 15 is 0 Å². The van der Waals surface area contributed by atoms with Crippen LogP contribution < -0.4 is 11.0 Å². The lowest BCUT2D eigenvalue weighted by molar-refractivity contribution is 0.536. The predicted octanol–water partition coefficient (Wildman–Crippen LogP) is 5.45. The molecule has 1 unspecified atom stereocenters. The van der Waals surface area contributed by atoms with E-state index in [9.17, 15) is 13.4 Å². The van der Waals surface area contributed by atoms with E-state index in [-0.39, 0.29) is 22.8 Å². The molecular weight excluding hydrogens is 539 g/mol. The van der Waals surface area contributed by atoms with Gasteiger partial charge in [0.2, 0.25) is 0 Å². The average Bonchev–Trinajstić information content (AvgIpc) is 3.63. The number of halogens is 1. The minimum absolute atomic E-state index is 0.0155. The Labute approximate surface area is 238 Å². The van der Waals surface area contributed by atoms with E-state index in [2.05, 4.69) is 16.6 Å². The smallest absolute Gasteiger partial charge is 0.310 e. The molecule has 0 bridgehead atoms. The van der Waals surface area contributed by atoms with E-state index in [1.54, 1.807) is 52.2 Å². The largest absolute Gasteiger partial charge is 0.338 e. The van der Waals surface area contributed by atoms with E-state index in [4.69, 9.17) is 5.10 Å². The Hall–Kier alpha value is -3.76. The number of allylic oxidation sites excluding steroid dienone is 1. The van der Waals surface area contributed by atoms with E-state index in [1.807, 2.05) is 32.1 Å². The number of fused-ring (bicyclic) bond motifs is 2. The summed E-state index contributed by atoms with van der Waals surface area (Å²) in [6.45, 7) is 10.2. The first-order valence-corrected chi connectivity index (χ1v) is 15.7. The van der Waals surface area contributed by atoms with Gasteiger partial charge in [0.1, 0.15) is 11.6 Å². The molecule has 4 heterocycles. The van der Waals surface area contributed by atoms with E-state index in [1.165, 1.54) is 0 Å². The minimum Gasteiger partial charge on any atom is -0.310 e. The number of benzene rings is 2. The van der Waals surface area contributed by atoms with Crippen molar-refractivity contribution in [1.82, 2.24) is 24.2 Å². The summed E-state index contributed by atoms with van der Waals surface area (Å²) >= 11 is 0. The SMILES string of the molecule is CC1=Cc2c(ccc(-n3ccn(-c4c5c(nn4-c4cc(C)c(F)c(C)c4)CCN[C@H]5C)c3=O)c2C)S(=O)(C2CC2)=N1. The normalized spacial score (nSPS) is 21.7. The van der Waals surface area contributed by atoms with Gasteiger partial charge in [-0.05, 0) is 100 Å². The number of rotatable bonds is 4. The van der Waals surface area contributed by atoms with Crippen LogP contribution in [0.2, 0.25) is 0 Å². The highest BCUT2D eigenvalue weighted by Crippen LogP contribution is 2.42. The zero-order chi connectivity index (χ0) is 28.8. The summed E-state index contributed by atoms with van der Waals surface area (Å²) < 4.78 is 38.1. The molecule has 0 amide bonds. The fourth-order valence-corrected chi connectivity index (χ4v) is 8.96. The molecule has 3 aliphatic rings. The Morgan fingerprint density at radius 1 is 1.05 bits per heavy atom. The molecule has 4 aromatic rings. The van der Waals surface area contributed by atoms with E-state index < -0.39 is 9.73 Å². The zero-order valence-electron chi connectivity index (χ0n) is 23.9. The molecule has 10 heteroatoms. The van der Waals surface area contributed by atoms with Crippen LogP contribution in [0.1, 0.15) is 66.2 Å². The van der Waals surface area contributed by atoms with Gasteiger partial charge in [0.25, 0.3) is 0 Å². The second-order valence-electron chi connectivity index (χ2n) is 11.5. The zero-order valence-corrected chi connectivity index (χ0v) is 24.7. The van der Waals surface area contributed by atoms with Gasteiger partial charge in [-0.25, -0.2) is 18.1 Å². The van der Waals surface area contributed by atoms with Gasteiger partial charge in [0, 0.05) is 47.9 Å². The van der Waals surface area contributed by atoms with Crippen LogP contribution in [-0.2, 0) is 16.1 Å². The summed E-state index contributed by atoms with van der Waals surface area (Å²) in [7, 11) is -2.51. The molecule has 1 fully saturated rings. The van der Waals surface area contributed by atoms with Crippen LogP contribution >= 0.6 is 0 Å². The van der Waals surface area contributed by atoms with Crippen LogP contribution in [0.15, 0.2) is 56.4 Å². The molecule has 1 aliphatic carbocycles. The molecule has 41 heavy (non-hydrogen) atoms. The summed E-state index contributed by atoms with van der Waals surface area (Å²) in [4.78, 5) is 14.9. The Morgan fingerprint density at radius 2 is 1.76 bits per heavy atom. The first kappa shape index (κ1) is 26.2. The molecule has 8 nitrogen and oxygen atoms in total. The lowest BCUT2D eigenvalue weighted by atomic mass is 10.0. The highest BCUT2D eigenvalue weighted by atomic mass is 32.2. The second-order valence-corrected chi connectivity index (χ2v) is 13.9. The fraction of sp³-hybridized carbons (Fsp3) is 0.355. The maximum absolute atomic E-state index is 14.5. The molecule has 0 spiro atoms. The topological polar surface area (TPSA) is 86.2 Å². The van der Waals surface area contributed by atoms with Gasteiger partial charge in [-0.2, -0.15) is 9.46 Å². The van der Waals surface area contributed by atoms with E-state index in [0.717, 1.165) is 64.5 Å². The molecule has 212 valence electrons. The monoisotopic (exact) mass is 572 g/mol. The summed E-state index contributed by atoms with van der Waals surface area (Å²) in [5.74, 6) is 0.409. The van der Waals surface area contributed by atoms with Crippen LogP contribution in [0.3, 0.4) is 0 Å². The number of nitrogens with one attached hydrogen (secondary N) is 1. The molecule has 2 atom stereocenters. The molecule has 0 saturated heterocycles. The van der Waals surface area contributed by atoms with Crippen molar-refractivity contribution in [3.05, 3.63) is 92.2 Å². The minimum atomic E-state index is -2.51. The Balaban J connectivity index is 1.42. The molecule has 7 rings (SSSR count). The van der Waals surface area contributed by atoms with Crippen molar-refractivity contribution >= 4 is 15.8 Å². The average molecular weight is 573 g/mol. The molecule has 2 aromatic carbocycles. The molecule has 2 aliphatic heterocycles. The first-order valence-electron chi connectivity index (χ1n) is 14.1. The van der Waals surface area contributed by atoms with Crippen molar-refractivity contribution in [3.63, 3.8) is 0 Å². The van der Waals surface area contributed by atoms with Crippen molar-refractivity contribution in [2.75, 3.05) is 6.54 Å². The third kappa shape index (κ3) is 3.91. The third-order valence-corrected chi connectivity index (χ3v) is 11.4. The third-order valence-electron chi connectivity index (χ3n) is 8.52. The van der Waals surface area contributed by atoms with Gasteiger partial charge in [-0.15, -0.1) is 0 Å². The summed E-state index contributed by atoms with van der Waals surface area (Å²) in [6, 6.07) is 7.30. The maximum atomic E-state index is 14.5. The lowest BCUT2D eigenvalue weighted by Gasteiger charge is -2.21. The van der Waals surface area contributed by atoms with Gasteiger partial charge in [0.05, 0.1) is 31.7 Å². The summed E-state index contributed by atoms with van der Waals surface area (Å²) in [6.07, 6.45) is 8.09. The highest BCUT2D eigenvalue weighted by molar-refractivity contribution is 7.94. The molecule has 0 radical (unpaired) electrons. The maximum Gasteiger partial charge on any atom is 0.338 e. The van der Waals surface area contributed by atoms with Gasteiger partial charge < -0.3 is 5.32 Å². The van der Waals surface area contributed by atoms with Gasteiger partial charge in [-0.1, -0.05) is 0 Å². The number of aryl methyl sites for hydroxylation is 2. The van der Waals surface area contributed by atoms with Gasteiger partial charge in [0.15, 0.2) is 0 Å². The quantitative estimate of drug-likeness (QED) is 0.353. The van der Waals surface area contributed by atoms with Crippen LogP contribution in [0.4, 0.5) is 4.39 Å². The van der Waals surface area contributed by atoms with Crippen molar-refractivity contribution in [1.29, 1.82) is 0 Å². The van der Waals surface area contributed by atoms with Crippen molar-refractivity contribution in [2.24, 2.45) is 4.36 Å². The molecule has 1 N–H and O–H groups in total. The predicted molar refractivity (Wildman–Crippen MR) is 158 cm³/mol. The standard InChI is InChI=1S/C31H33FN6O2S/c1-17-14-22(15-18(2)29(17)32)38-30(28-21(5)33-11-10-25(28)34-38)37-13-12-36(31(37)39)26-8-9-27-24(20(26)4)16-19(3)35-41(27,40)23-6-7-23/h8-9,12-16,21,23,33H,6-7,10-11H2,1-5H3/t21-,41?/m0/s1. The number of hydrogen-bond donors (Lipinski definition) is 1. The summed E-state index contributed by atoms with van der Waals surface area (Å²) in [5.41, 5.74) is 6.67. The number of aromatic nitrogens is 4. The van der Waals surface area contributed by atoms with Gasteiger partial charge in [-0.3, -0.25) is 9.13 Å². The van der Waals surface area contributed by atoms with E-state index in [0.29, 0.717) is 22.6 Å². The Kier molecular flexibility index (Phi) is 5.82. The first-order chi connectivity index (χ1) is 19.6. The number of nitrogens with zero attached hydrogens (tertiary/aromatic N) is 5. The van der Waals surface area contributed by atoms with Gasteiger partial charge >= 0.3 is 5.69 Å². The number of hydrogen-bond acceptors (Lipinski definition) is 5. The van der Waals surface area contributed by atoms with Crippen molar-refractivity contribution in [3.8, 4) is 17.2 Å². The highest BCUT2D eigenvalue weighted by Gasteiger charge is 2.38. The van der Waals surface area contributed by atoms with Crippen LogP contribution in [-0.4, -0.2) is 34.9 Å².